The normalized spacial score (nSPS) is 16.6. The fourth-order valence-electron chi connectivity index (χ4n) is 1.50. The Kier molecular flexibility index (Phi) is 5.54. The smallest absolute Gasteiger partial charge is 0.407 e. The maximum atomic E-state index is 11.3. The van der Waals surface area contributed by atoms with Crippen LogP contribution in [-0.4, -0.2) is 48.0 Å². The quantitative estimate of drug-likeness (QED) is 0.604. The third-order valence-electron chi connectivity index (χ3n) is 2.52. The third kappa shape index (κ3) is 4.43. The molecule has 102 valence electrons. The first-order valence-corrected chi connectivity index (χ1v) is 5.85. The SMILES string of the molecule is CCOC(=O)C(C#N)C=NC1=CCN(C(=O)O)CC1. The highest BCUT2D eigenvalue weighted by Gasteiger charge is 2.18. The van der Waals surface area contributed by atoms with Crippen LogP contribution < -0.4 is 0 Å². The molecule has 0 fully saturated rings. The Bertz CT molecular complexity index is 450. The first-order chi connectivity index (χ1) is 9.08. The van der Waals surface area contributed by atoms with E-state index in [0.29, 0.717) is 18.7 Å². The predicted molar refractivity (Wildman–Crippen MR) is 66.5 cm³/mol. The monoisotopic (exact) mass is 265 g/mol. The third-order valence-corrected chi connectivity index (χ3v) is 2.52. The van der Waals surface area contributed by atoms with Crippen LogP contribution >= 0.6 is 0 Å². The average molecular weight is 265 g/mol. The Morgan fingerprint density at radius 1 is 1.74 bits per heavy atom. The van der Waals surface area contributed by atoms with Gasteiger partial charge in [0.15, 0.2) is 5.92 Å². The van der Waals surface area contributed by atoms with Crippen molar-refractivity contribution in [3.8, 4) is 6.07 Å². The molecule has 1 rings (SSSR count). The van der Waals surface area contributed by atoms with Crippen molar-refractivity contribution in [3.05, 3.63) is 11.8 Å². The maximum absolute atomic E-state index is 11.3. The lowest BCUT2D eigenvalue weighted by atomic mass is 10.2. The van der Waals surface area contributed by atoms with E-state index >= 15 is 0 Å². The minimum atomic E-state index is -1.03. The standard InChI is InChI=1S/C12H15N3O4/c1-2-19-11(16)9(7-13)8-14-10-3-5-15(6-4-10)12(17)18/h3,8-9H,2,4-6H2,1H3,(H,17,18). The second kappa shape index (κ2) is 7.16. The first-order valence-electron chi connectivity index (χ1n) is 5.85. The fraction of sp³-hybridized carbons (Fsp3) is 0.500. The maximum Gasteiger partial charge on any atom is 0.407 e. The van der Waals surface area contributed by atoms with Gasteiger partial charge in [0.25, 0.3) is 0 Å². The van der Waals surface area contributed by atoms with Crippen molar-refractivity contribution in [2.45, 2.75) is 13.3 Å². The van der Waals surface area contributed by atoms with Crippen molar-refractivity contribution in [1.82, 2.24) is 4.90 Å². The van der Waals surface area contributed by atoms with Crippen LogP contribution in [0, 0.1) is 17.2 Å². The van der Waals surface area contributed by atoms with Crippen LogP contribution in [0.1, 0.15) is 13.3 Å². The molecular weight excluding hydrogens is 250 g/mol. The molecule has 7 nitrogen and oxygen atoms in total. The molecule has 1 aliphatic rings. The molecule has 0 bridgehead atoms. The van der Waals surface area contributed by atoms with E-state index in [1.54, 1.807) is 19.1 Å². The van der Waals surface area contributed by atoms with E-state index < -0.39 is 18.0 Å². The number of ether oxygens (including phenoxy) is 1. The van der Waals surface area contributed by atoms with E-state index in [1.165, 1.54) is 11.1 Å². The lowest BCUT2D eigenvalue weighted by Crippen LogP contribution is -2.33. The zero-order chi connectivity index (χ0) is 14.3. The molecule has 1 amide bonds. The van der Waals surface area contributed by atoms with Crippen molar-refractivity contribution in [2.24, 2.45) is 10.9 Å². The Morgan fingerprint density at radius 2 is 2.47 bits per heavy atom. The van der Waals surface area contributed by atoms with E-state index in [-0.39, 0.29) is 13.2 Å². The molecule has 1 atom stereocenters. The van der Waals surface area contributed by atoms with Gasteiger partial charge in [-0.3, -0.25) is 9.79 Å². The molecule has 0 radical (unpaired) electrons. The summed E-state index contributed by atoms with van der Waals surface area (Å²) in [5, 5.41) is 17.6. The Labute approximate surface area is 110 Å². The molecule has 1 heterocycles. The van der Waals surface area contributed by atoms with Gasteiger partial charge in [0.1, 0.15) is 0 Å². The molecule has 1 N–H and O–H groups in total. The Hall–Kier alpha value is -2.36. The molecule has 1 unspecified atom stereocenters. The Balaban J connectivity index is 2.59. The minimum Gasteiger partial charge on any atom is -0.465 e. The van der Waals surface area contributed by atoms with Gasteiger partial charge in [0, 0.05) is 31.4 Å². The predicted octanol–water partition coefficient (Wildman–Crippen LogP) is 1.03. The summed E-state index contributed by atoms with van der Waals surface area (Å²) < 4.78 is 4.73. The van der Waals surface area contributed by atoms with Crippen LogP contribution in [-0.2, 0) is 9.53 Å². The van der Waals surface area contributed by atoms with Crippen molar-refractivity contribution >= 4 is 18.3 Å². The van der Waals surface area contributed by atoms with Gasteiger partial charge in [-0.25, -0.2) is 4.79 Å². The van der Waals surface area contributed by atoms with Crippen LogP contribution in [0.5, 0.6) is 0 Å². The molecule has 0 aliphatic carbocycles. The zero-order valence-corrected chi connectivity index (χ0v) is 10.6. The van der Waals surface area contributed by atoms with Crippen LogP contribution in [0.4, 0.5) is 4.79 Å². The van der Waals surface area contributed by atoms with Gasteiger partial charge in [-0.05, 0) is 13.0 Å². The van der Waals surface area contributed by atoms with Gasteiger partial charge in [0.05, 0.1) is 12.7 Å². The number of nitriles is 1. The summed E-state index contributed by atoms with van der Waals surface area (Å²) in [4.78, 5) is 27.3. The van der Waals surface area contributed by atoms with Crippen molar-refractivity contribution in [1.29, 1.82) is 5.26 Å². The van der Waals surface area contributed by atoms with E-state index in [0.717, 1.165) is 0 Å². The topological polar surface area (TPSA) is 103 Å². The molecule has 0 saturated carbocycles. The van der Waals surface area contributed by atoms with Crippen LogP contribution in [0.25, 0.3) is 0 Å². The number of aliphatic imine (C=N–C) groups is 1. The number of rotatable bonds is 4. The summed E-state index contributed by atoms with van der Waals surface area (Å²) in [5.41, 5.74) is 0.669. The van der Waals surface area contributed by atoms with Gasteiger partial charge in [-0.1, -0.05) is 0 Å². The van der Waals surface area contributed by atoms with Crippen LogP contribution in [0.15, 0.2) is 16.8 Å². The van der Waals surface area contributed by atoms with E-state index in [1.807, 2.05) is 0 Å². The molecule has 0 aromatic rings. The molecule has 0 aromatic heterocycles. The van der Waals surface area contributed by atoms with Gasteiger partial charge in [0.2, 0.25) is 0 Å². The summed E-state index contributed by atoms with van der Waals surface area (Å²) >= 11 is 0. The van der Waals surface area contributed by atoms with Crippen LogP contribution in [0.2, 0.25) is 0 Å². The lowest BCUT2D eigenvalue weighted by molar-refractivity contribution is -0.143. The van der Waals surface area contributed by atoms with Gasteiger partial charge >= 0.3 is 12.1 Å². The van der Waals surface area contributed by atoms with Crippen molar-refractivity contribution in [3.63, 3.8) is 0 Å². The summed E-state index contributed by atoms with van der Waals surface area (Å²) in [6.07, 6.45) is 2.39. The van der Waals surface area contributed by atoms with Crippen molar-refractivity contribution < 1.29 is 19.4 Å². The highest BCUT2D eigenvalue weighted by molar-refractivity contribution is 5.93. The number of esters is 1. The highest BCUT2D eigenvalue weighted by Crippen LogP contribution is 2.12. The van der Waals surface area contributed by atoms with E-state index in [9.17, 15) is 9.59 Å². The largest absolute Gasteiger partial charge is 0.465 e. The second-order valence-electron chi connectivity index (χ2n) is 3.81. The number of hydrogen-bond acceptors (Lipinski definition) is 5. The number of carbonyl (C=O) groups excluding carboxylic acids is 1. The molecule has 0 aromatic carbocycles. The summed E-state index contributed by atoms with van der Waals surface area (Å²) in [7, 11) is 0. The van der Waals surface area contributed by atoms with E-state index in [2.05, 4.69) is 4.99 Å². The van der Waals surface area contributed by atoms with Crippen LogP contribution in [0.3, 0.4) is 0 Å². The molecule has 7 heteroatoms. The Morgan fingerprint density at radius 3 is 2.95 bits per heavy atom. The molecule has 0 saturated heterocycles. The lowest BCUT2D eigenvalue weighted by Gasteiger charge is -2.21. The molecular formula is C12H15N3O4. The summed E-state index contributed by atoms with van der Waals surface area (Å²) in [6, 6.07) is 1.80. The number of amides is 1. The number of carboxylic acid groups (broad SMARTS) is 1. The van der Waals surface area contributed by atoms with Crippen molar-refractivity contribution in [2.75, 3.05) is 19.7 Å². The zero-order valence-electron chi connectivity index (χ0n) is 10.6. The molecule has 1 aliphatic heterocycles. The van der Waals surface area contributed by atoms with Gasteiger partial charge in [-0.2, -0.15) is 5.26 Å². The second-order valence-corrected chi connectivity index (χ2v) is 3.81. The summed E-state index contributed by atoms with van der Waals surface area (Å²) in [6.45, 7) is 2.49. The first kappa shape index (κ1) is 14.7. The fourth-order valence-corrected chi connectivity index (χ4v) is 1.50. The number of nitrogens with zero attached hydrogens (tertiary/aromatic N) is 3. The number of carbonyl (C=O) groups is 2. The highest BCUT2D eigenvalue weighted by atomic mass is 16.5. The molecule has 0 spiro atoms. The van der Waals surface area contributed by atoms with E-state index in [4.69, 9.17) is 15.1 Å². The van der Waals surface area contributed by atoms with Gasteiger partial charge < -0.3 is 14.7 Å². The minimum absolute atomic E-state index is 0.209. The summed E-state index contributed by atoms with van der Waals surface area (Å²) in [5.74, 6) is -1.66. The number of hydrogen-bond donors (Lipinski definition) is 1. The molecule has 19 heavy (non-hydrogen) atoms. The average Bonchev–Trinajstić information content (AvgIpc) is 2.40. The van der Waals surface area contributed by atoms with Gasteiger partial charge in [-0.15, -0.1) is 0 Å².